The molecule has 2 atom stereocenters. The Hall–Kier alpha value is -4.66. The number of carboxylic acids is 3. The van der Waals surface area contributed by atoms with Crippen LogP contribution in [0.1, 0.15) is 45.8 Å². The fraction of sp³-hybridized carbons (Fsp3) is 0.400. The van der Waals surface area contributed by atoms with Gasteiger partial charge in [0.05, 0.1) is 44.4 Å². The van der Waals surface area contributed by atoms with Crippen LogP contribution in [0.5, 0.6) is 0 Å². The number of carboxylic acid groups (broad SMARTS) is 3. The number of esters is 1. The molecular formula is C30H35N3O11. The Morgan fingerprint density at radius 1 is 0.955 bits per heavy atom. The monoisotopic (exact) mass is 613 g/mol. The van der Waals surface area contributed by atoms with Crippen molar-refractivity contribution in [1.82, 2.24) is 15.0 Å². The maximum atomic E-state index is 11.7. The van der Waals surface area contributed by atoms with Crippen LogP contribution >= 0.6 is 0 Å². The van der Waals surface area contributed by atoms with Crippen LogP contribution in [0.3, 0.4) is 0 Å². The molecule has 0 spiro atoms. The van der Waals surface area contributed by atoms with Crippen molar-refractivity contribution in [2.24, 2.45) is 5.92 Å². The fourth-order valence-corrected chi connectivity index (χ4v) is 4.78. The minimum absolute atomic E-state index is 0.235. The molecule has 2 aromatic heterocycles. The molecule has 0 saturated carbocycles. The van der Waals surface area contributed by atoms with Gasteiger partial charge < -0.3 is 34.4 Å². The van der Waals surface area contributed by atoms with Gasteiger partial charge >= 0.3 is 23.9 Å². The number of hydrogen-bond acceptors (Lipinski definition) is 11. The second kappa shape index (κ2) is 15.7. The number of nitrogens with zero attached hydrogens (tertiary/aromatic N) is 3. The van der Waals surface area contributed by atoms with Crippen molar-refractivity contribution < 1.29 is 53.6 Å². The number of hydrogen-bond donors (Lipinski definition) is 4. The number of pyridine rings is 1. The number of methoxy groups -OCH3 is 1. The zero-order valence-corrected chi connectivity index (χ0v) is 24.3. The van der Waals surface area contributed by atoms with E-state index < -0.39 is 36.4 Å². The van der Waals surface area contributed by atoms with Crippen molar-refractivity contribution in [1.29, 1.82) is 0 Å². The molecule has 14 nitrogen and oxygen atoms in total. The normalized spacial score (nSPS) is 16.2. The lowest BCUT2D eigenvalue weighted by atomic mass is 9.95. The number of aliphatic hydroxyl groups is 1. The summed E-state index contributed by atoms with van der Waals surface area (Å²) < 4.78 is 16.2. The minimum Gasteiger partial charge on any atom is -0.481 e. The van der Waals surface area contributed by atoms with Crippen LogP contribution in [-0.4, -0.2) is 91.3 Å². The van der Waals surface area contributed by atoms with E-state index in [4.69, 9.17) is 34.4 Å². The van der Waals surface area contributed by atoms with Gasteiger partial charge in [0.15, 0.2) is 5.60 Å². The summed E-state index contributed by atoms with van der Waals surface area (Å²) >= 11 is 0. The summed E-state index contributed by atoms with van der Waals surface area (Å²) in [6.07, 6.45) is 2.14. The standard InChI is InChI=1S/C24H27N3O4.C6H8O7/c1-17-11-22(31-26-17)12-21-15-30-16-23(21)27(14-19-7-9-25-10-8-19)13-18-3-5-20(6-4-18)24(28)29-2;7-3(8)1-6(13,5(11)12)2-4(9)10/h3-11,21,23H,12-16H2,1-2H3;13H,1-2H2,(H,7,8)(H,9,10)(H,11,12)/t21-,23-;/m1./s1. The predicted octanol–water partition coefficient (Wildman–Crippen LogP) is 2.18. The Balaban J connectivity index is 0.000000345. The molecule has 0 aliphatic carbocycles. The summed E-state index contributed by atoms with van der Waals surface area (Å²) in [4.78, 5) is 48.8. The average Bonchev–Trinajstić information content (AvgIpc) is 3.61. The van der Waals surface area contributed by atoms with Crippen molar-refractivity contribution in [2.45, 2.75) is 50.9 Å². The Morgan fingerprint density at radius 2 is 1.55 bits per heavy atom. The summed E-state index contributed by atoms with van der Waals surface area (Å²) in [5.74, 6) is -4.14. The van der Waals surface area contributed by atoms with Crippen LogP contribution in [0.2, 0.25) is 0 Å². The molecule has 14 heteroatoms. The van der Waals surface area contributed by atoms with E-state index >= 15 is 0 Å². The Morgan fingerprint density at radius 3 is 2.05 bits per heavy atom. The average molecular weight is 614 g/mol. The van der Waals surface area contributed by atoms with Crippen molar-refractivity contribution >= 4 is 23.9 Å². The van der Waals surface area contributed by atoms with Crippen molar-refractivity contribution in [3.05, 3.63) is 83.0 Å². The first kappa shape index (κ1) is 33.8. The first-order valence-corrected chi connectivity index (χ1v) is 13.6. The minimum atomic E-state index is -2.74. The lowest BCUT2D eigenvalue weighted by molar-refractivity contribution is -0.170. The number of carbonyl (C=O) groups is 4. The molecule has 0 unspecified atom stereocenters. The quantitative estimate of drug-likeness (QED) is 0.204. The highest BCUT2D eigenvalue weighted by atomic mass is 16.5. The molecule has 1 fully saturated rings. The van der Waals surface area contributed by atoms with E-state index in [9.17, 15) is 19.2 Å². The maximum absolute atomic E-state index is 11.7. The van der Waals surface area contributed by atoms with E-state index in [2.05, 4.69) is 15.0 Å². The molecule has 44 heavy (non-hydrogen) atoms. The SMILES string of the molecule is COC(=O)c1ccc(CN(Cc2ccncc2)[C@@H]2COC[C@H]2Cc2cc(C)no2)cc1.O=C(O)CC(O)(CC(=O)O)C(=O)O. The van der Waals surface area contributed by atoms with E-state index in [1.807, 2.05) is 61.8 Å². The van der Waals surface area contributed by atoms with Gasteiger partial charge in [0.25, 0.3) is 0 Å². The van der Waals surface area contributed by atoms with Gasteiger partial charge in [0.2, 0.25) is 0 Å². The number of ether oxygens (including phenoxy) is 2. The molecule has 0 amide bonds. The van der Waals surface area contributed by atoms with Crippen LogP contribution in [0.4, 0.5) is 0 Å². The molecule has 4 rings (SSSR count). The highest BCUT2D eigenvalue weighted by Crippen LogP contribution is 2.27. The topological polar surface area (TPSA) is 210 Å². The van der Waals surface area contributed by atoms with Gasteiger partial charge in [-0.2, -0.15) is 0 Å². The van der Waals surface area contributed by atoms with Gasteiger partial charge in [0.1, 0.15) is 5.76 Å². The molecule has 0 bridgehead atoms. The molecule has 4 N–H and O–H groups in total. The van der Waals surface area contributed by atoms with E-state index in [1.54, 1.807) is 0 Å². The number of aliphatic carboxylic acids is 3. The molecule has 3 aromatic rings. The Labute approximate surface area is 252 Å². The van der Waals surface area contributed by atoms with Gasteiger partial charge in [-0.15, -0.1) is 0 Å². The number of aromatic nitrogens is 2. The smallest absolute Gasteiger partial charge is 0.337 e. The zero-order valence-electron chi connectivity index (χ0n) is 24.3. The fourth-order valence-electron chi connectivity index (χ4n) is 4.78. The molecular weight excluding hydrogens is 578 g/mol. The van der Waals surface area contributed by atoms with Gasteiger partial charge in [-0.05, 0) is 42.3 Å². The van der Waals surface area contributed by atoms with E-state index in [-0.39, 0.29) is 12.0 Å². The Kier molecular flexibility index (Phi) is 12.1. The molecule has 1 aliphatic heterocycles. The second-order valence-corrected chi connectivity index (χ2v) is 10.4. The molecule has 1 saturated heterocycles. The third kappa shape index (κ3) is 9.97. The summed E-state index contributed by atoms with van der Waals surface area (Å²) in [6, 6.07) is 13.9. The van der Waals surface area contributed by atoms with Gasteiger partial charge in [-0.1, -0.05) is 17.3 Å². The lowest BCUT2D eigenvalue weighted by Gasteiger charge is -2.32. The number of aryl methyl sites for hydroxylation is 1. The number of rotatable bonds is 13. The molecule has 0 radical (unpaired) electrons. The van der Waals surface area contributed by atoms with Crippen LogP contribution in [0.15, 0.2) is 59.4 Å². The molecule has 1 aromatic carbocycles. The van der Waals surface area contributed by atoms with E-state index in [0.29, 0.717) is 24.7 Å². The molecule has 1 aliphatic rings. The Bertz CT molecular complexity index is 1390. The first-order valence-electron chi connectivity index (χ1n) is 13.6. The van der Waals surface area contributed by atoms with E-state index in [0.717, 1.165) is 36.5 Å². The first-order chi connectivity index (χ1) is 20.9. The lowest BCUT2D eigenvalue weighted by Crippen LogP contribution is -2.42. The molecule has 236 valence electrons. The number of benzene rings is 1. The van der Waals surface area contributed by atoms with Crippen molar-refractivity contribution in [3.8, 4) is 0 Å². The maximum Gasteiger partial charge on any atom is 0.337 e. The largest absolute Gasteiger partial charge is 0.481 e. The van der Waals surface area contributed by atoms with Gasteiger partial charge in [-0.3, -0.25) is 19.5 Å². The van der Waals surface area contributed by atoms with Gasteiger partial charge in [-0.25, -0.2) is 9.59 Å². The summed E-state index contributed by atoms with van der Waals surface area (Å²) in [5.41, 5.74) is 1.03. The number of carbonyl (C=O) groups excluding carboxylic acids is 1. The van der Waals surface area contributed by atoms with Crippen molar-refractivity contribution in [3.63, 3.8) is 0 Å². The summed E-state index contributed by atoms with van der Waals surface area (Å²) in [7, 11) is 1.39. The highest BCUT2D eigenvalue weighted by molar-refractivity contribution is 5.89. The van der Waals surface area contributed by atoms with Crippen molar-refractivity contribution in [2.75, 3.05) is 20.3 Å². The molecule has 3 heterocycles. The zero-order chi connectivity index (χ0) is 32.3. The van der Waals surface area contributed by atoms with Crippen LogP contribution in [0, 0.1) is 12.8 Å². The summed E-state index contributed by atoms with van der Waals surface area (Å²) in [5, 5.41) is 37.8. The van der Waals surface area contributed by atoms with E-state index in [1.165, 1.54) is 12.7 Å². The summed E-state index contributed by atoms with van der Waals surface area (Å²) in [6.45, 7) is 4.82. The predicted molar refractivity (Wildman–Crippen MR) is 151 cm³/mol. The van der Waals surface area contributed by atoms with Crippen LogP contribution < -0.4 is 0 Å². The third-order valence-electron chi connectivity index (χ3n) is 6.96. The van der Waals surface area contributed by atoms with Gasteiger partial charge in [0, 0.05) is 49.9 Å². The third-order valence-corrected chi connectivity index (χ3v) is 6.96. The van der Waals surface area contributed by atoms with Crippen LogP contribution in [0.25, 0.3) is 0 Å². The second-order valence-electron chi connectivity index (χ2n) is 10.4. The highest BCUT2D eigenvalue weighted by Gasteiger charge is 2.41. The van der Waals surface area contributed by atoms with Crippen LogP contribution in [-0.2, 0) is 43.4 Å².